The van der Waals surface area contributed by atoms with E-state index in [0.29, 0.717) is 24.7 Å². The minimum Gasteiger partial charge on any atom is -0.505 e. The van der Waals surface area contributed by atoms with Crippen molar-refractivity contribution in [3.63, 3.8) is 0 Å². The van der Waals surface area contributed by atoms with Gasteiger partial charge >= 0.3 is 0 Å². The molecule has 0 bridgehead atoms. The number of benzene rings is 1. The second-order valence-corrected chi connectivity index (χ2v) is 2.92. The number of phenols is 1. The first kappa shape index (κ1) is 9.08. The standard InChI is InChI=1S/C9H10FNO3/c10-8-5(4-11)9-7(3-6(8)12)13-1-2-14-9/h3,12H,1-2,4,11H2. The molecule has 0 fully saturated rings. The number of rotatable bonds is 1. The first-order chi connectivity index (χ1) is 6.74. The molecule has 4 nitrogen and oxygen atoms in total. The second kappa shape index (κ2) is 3.34. The Morgan fingerprint density at radius 2 is 2.14 bits per heavy atom. The molecule has 0 spiro atoms. The van der Waals surface area contributed by atoms with Gasteiger partial charge in [-0.05, 0) is 0 Å². The van der Waals surface area contributed by atoms with E-state index in [4.69, 9.17) is 15.2 Å². The highest BCUT2D eigenvalue weighted by molar-refractivity contribution is 5.53. The van der Waals surface area contributed by atoms with Crippen LogP contribution in [-0.4, -0.2) is 18.3 Å². The van der Waals surface area contributed by atoms with Crippen LogP contribution in [0.25, 0.3) is 0 Å². The lowest BCUT2D eigenvalue weighted by Crippen LogP contribution is -2.18. The third-order valence-corrected chi connectivity index (χ3v) is 2.05. The van der Waals surface area contributed by atoms with Crippen LogP contribution in [0.3, 0.4) is 0 Å². The van der Waals surface area contributed by atoms with E-state index in [0.717, 1.165) is 0 Å². The molecule has 1 aromatic carbocycles. The van der Waals surface area contributed by atoms with Crippen molar-refractivity contribution < 1.29 is 19.0 Å². The number of nitrogens with two attached hydrogens (primary N) is 1. The van der Waals surface area contributed by atoms with Crippen molar-refractivity contribution in [2.45, 2.75) is 6.54 Å². The summed E-state index contributed by atoms with van der Waals surface area (Å²) in [5, 5.41) is 9.22. The van der Waals surface area contributed by atoms with Gasteiger partial charge in [-0.3, -0.25) is 0 Å². The van der Waals surface area contributed by atoms with Gasteiger partial charge < -0.3 is 20.3 Å². The Bertz CT molecular complexity index is 368. The lowest BCUT2D eigenvalue weighted by atomic mass is 10.1. The zero-order valence-corrected chi connectivity index (χ0v) is 7.42. The normalized spacial score (nSPS) is 14.1. The Morgan fingerprint density at radius 3 is 2.86 bits per heavy atom. The molecule has 0 unspecified atom stereocenters. The highest BCUT2D eigenvalue weighted by Gasteiger charge is 2.21. The van der Waals surface area contributed by atoms with Crippen molar-refractivity contribution in [3.8, 4) is 17.2 Å². The van der Waals surface area contributed by atoms with Crippen molar-refractivity contribution in [3.05, 3.63) is 17.4 Å². The number of hydrogen-bond donors (Lipinski definition) is 2. The van der Waals surface area contributed by atoms with E-state index in [-0.39, 0.29) is 12.1 Å². The van der Waals surface area contributed by atoms with Crippen molar-refractivity contribution in [2.24, 2.45) is 5.73 Å². The van der Waals surface area contributed by atoms with Gasteiger partial charge in [-0.25, -0.2) is 4.39 Å². The van der Waals surface area contributed by atoms with Gasteiger partial charge in [0.05, 0.1) is 5.56 Å². The van der Waals surface area contributed by atoms with Crippen LogP contribution in [0.5, 0.6) is 17.2 Å². The lowest BCUT2D eigenvalue weighted by molar-refractivity contribution is 0.167. The number of aromatic hydroxyl groups is 1. The van der Waals surface area contributed by atoms with Gasteiger partial charge in [0.25, 0.3) is 0 Å². The molecular formula is C9H10FNO3. The van der Waals surface area contributed by atoms with Gasteiger partial charge in [-0.1, -0.05) is 0 Å². The molecule has 0 radical (unpaired) electrons. The van der Waals surface area contributed by atoms with Gasteiger partial charge in [-0.15, -0.1) is 0 Å². The predicted octanol–water partition coefficient (Wildman–Crippen LogP) is 0.761. The summed E-state index contributed by atoms with van der Waals surface area (Å²) in [4.78, 5) is 0. The molecule has 0 saturated carbocycles. The van der Waals surface area contributed by atoms with Crippen LogP contribution in [0.4, 0.5) is 4.39 Å². The minimum absolute atomic E-state index is 0.0358. The van der Waals surface area contributed by atoms with Gasteiger partial charge in [0, 0.05) is 12.6 Å². The second-order valence-electron chi connectivity index (χ2n) is 2.92. The monoisotopic (exact) mass is 199 g/mol. The van der Waals surface area contributed by atoms with Gasteiger partial charge in [0.2, 0.25) is 0 Å². The zero-order valence-electron chi connectivity index (χ0n) is 7.42. The quantitative estimate of drug-likeness (QED) is 0.700. The first-order valence-corrected chi connectivity index (χ1v) is 4.24. The van der Waals surface area contributed by atoms with E-state index in [9.17, 15) is 9.50 Å². The maximum Gasteiger partial charge on any atom is 0.173 e. The number of hydrogen-bond acceptors (Lipinski definition) is 4. The summed E-state index contributed by atoms with van der Waals surface area (Å²) >= 11 is 0. The predicted molar refractivity (Wildman–Crippen MR) is 46.9 cm³/mol. The molecule has 0 aromatic heterocycles. The third kappa shape index (κ3) is 1.26. The molecule has 14 heavy (non-hydrogen) atoms. The number of phenolic OH excluding ortho intramolecular Hbond substituents is 1. The van der Waals surface area contributed by atoms with Crippen molar-refractivity contribution in [1.29, 1.82) is 0 Å². The zero-order chi connectivity index (χ0) is 10.1. The van der Waals surface area contributed by atoms with E-state index in [1.165, 1.54) is 6.07 Å². The molecule has 0 atom stereocenters. The molecule has 0 saturated heterocycles. The summed E-state index contributed by atoms with van der Waals surface area (Å²) in [6.45, 7) is 0.720. The fraction of sp³-hybridized carbons (Fsp3) is 0.333. The van der Waals surface area contributed by atoms with Crippen LogP contribution in [0.15, 0.2) is 6.07 Å². The SMILES string of the molecule is NCc1c(F)c(O)cc2c1OCCO2. The summed E-state index contributed by atoms with van der Waals surface area (Å²) in [6.07, 6.45) is 0. The molecule has 0 aliphatic carbocycles. The molecule has 3 N–H and O–H groups in total. The van der Waals surface area contributed by atoms with E-state index in [2.05, 4.69) is 0 Å². The molecule has 1 heterocycles. The van der Waals surface area contributed by atoms with E-state index in [1.807, 2.05) is 0 Å². The topological polar surface area (TPSA) is 64.7 Å². The highest BCUT2D eigenvalue weighted by atomic mass is 19.1. The van der Waals surface area contributed by atoms with E-state index >= 15 is 0 Å². The third-order valence-electron chi connectivity index (χ3n) is 2.05. The van der Waals surface area contributed by atoms with Crippen LogP contribution < -0.4 is 15.2 Å². The van der Waals surface area contributed by atoms with Crippen LogP contribution in [0.2, 0.25) is 0 Å². The van der Waals surface area contributed by atoms with E-state index < -0.39 is 11.6 Å². The van der Waals surface area contributed by atoms with Gasteiger partial charge in [0.1, 0.15) is 13.2 Å². The smallest absolute Gasteiger partial charge is 0.173 e. The van der Waals surface area contributed by atoms with Crippen molar-refractivity contribution in [1.82, 2.24) is 0 Å². The summed E-state index contributed by atoms with van der Waals surface area (Å²) in [6, 6.07) is 1.20. The molecule has 2 rings (SSSR count). The number of ether oxygens (including phenoxy) is 2. The number of halogens is 1. The molecule has 5 heteroatoms. The maximum atomic E-state index is 13.3. The average molecular weight is 199 g/mol. The summed E-state index contributed by atoms with van der Waals surface area (Å²) in [5.41, 5.74) is 5.51. The Balaban J connectivity index is 2.60. The first-order valence-electron chi connectivity index (χ1n) is 4.24. The highest BCUT2D eigenvalue weighted by Crippen LogP contribution is 2.39. The fourth-order valence-electron chi connectivity index (χ4n) is 1.40. The van der Waals surface area contributed by atoms with Crippen LogP contribution in [0, 0.1) is 5.82 Å². The molecule has 0 amide bonds. The lowest BCUT2D eigenvalue weighted by Gasteiger charge is -2.21. The molecule has 1 aliphatic rings. The average Bonchev–Trinajstić information content (AvgIpc) is 2.20. The Morgan fingerprint density at radius 1 is 1.43 bits per heavy atom. The minimum atomic E-state index is -0.739. The summed E-state index contributed by atoms with van der Waals surface area (Å²) in [7, 11) is 0. The Kier molecular flexibility index (Phi) is 2.17. The number of fused-ring (bicyclic) bond motifs is 1. The Labute approximate surface area is 80.0 Å². The van der Waals surface area contributed by atoms with Crippen LogP contribution in [0.1, 0.15) is 5.56 Å². The van der Waals surface area contributed by atoms with Gasteiger partial charge in [0.15, 0.2) is 23.1 Å². The maximum absolute atomic E-state index is 13.3. The van der Waals surface area contributed by atoms with Crippen LogP contribution >= 0.6 is 0 Å². The molecule has 1 aromatic rings. The molecular weight excluding hydrogens is 189 g/mol. The summed E-state index contributed by atoms with van der Waals surface area (Å²) in [5.74, 6) is -0.559. The van der Waals surface area contributed by atoms with Crippen molar-refractivity contribution >= 4 is 0 Å². The van der Waals surface area contributed by atoms with Crippen molar-refractivity contribution in [2.75, 3.05) is 13.2 Å². The fourth-order valence-corrected chi connectivity index (χ4v) is 1.40. The molecule has 76 valence electrons. The molecule has 1 aliphatic heterocycles. The largest absolute Gasteiger partial charge is 0.505 e. The van der Waals surface area contributed by atoms with Crippen LogP contribution in [-0.2, 0) is 6.54 Å². The van der Waals surface area contributed by atoms with E-state index in [1.54, 1.807) is 0 Å². The summed E-state index contributed by atoms with van der Waals surface area (Å²) < 4.78 is 23.7. The Hall–Kier alpha value is -1.49. The van der Waals surface area contributed by atoms with Gasteiger partial charge in [-0.2, -0.15) is 0 Å².